The van der Waals surface area contributed by atoms with E-state index in [1.165, 1.54) is 30.6 Å². The van der Waals surface area contributed by atoms with Crippen LogP contribution in [0.15, 0.2) is 30.3 Å². The molecule has 3 rings (SSSR count). The standard InChI is InChI=1S/C17H22N2O2/c20-16-12-15(18-13-8-4-1-2-5-9-13)17(21)19(16)14-10-6-3-7-11-14/h3,6-7,10-11,13,15,18H,1-2,4-5,8-9,12H2. The molecule has 1 aromatic rings. The molecule has 1 unspecified atom stereocenters. The number of benzene rings is 1. The molecule has 1 saturated heterocycles. The van der Waals surface area contributed by atoms with Crippen molar-refractivity contribution in [2.45, 2.75) is 57.0 Å². The van der Waals surface area contributed by atoms with Gasteiger partial charge in [0.1, 0.15) is 0 Å². The molecule has 0 bridgehead atoms. The van der Waals surface area contributed by atoms with Crippen LogP contribution in [-0.4, -0.2) is 23.9 Å². The van der Waals surface area contributed by atoms with Crippen LogP contribution in [0, 0.1) is 0 Å². The van der Waals surface area contributed by atoms with Crippen molar-refractivity contribution in [3.8, 4) is 0 Å². The maximum absolute atomic E-state index is 12.5. The van der Waals surface area contributed by atoms with Gasteiger partial charge in [0.25, 0.3) is 5.91 Å². The maximum Gasteiger partial charge on any atom is 0.251 e. The van der Waals surface area contributed by atoms with E-state index in [-0.39, 0.29) is 24.3 Å². The second-order valence-electron chi connectivity index (χ2n) is 6.01. The minimum absolute atomic E-state index is 0.0997. The lowest BCUT2D eigenvalue weighted by Gasteiger charge is -2.20. The van der Waals surface area contributed by atoms with Crippen molar-refractivity contribution in [3.63, 3.8) is 0 Å². The van der Waals surface area contributed by atoms with Crippen molar-refractivity contribution in [2.24, 2.45) is 0 Å². The number of hydrogen-bond acceptors (Lipinski definition) is 3. The average molecular weight is 286 g/mol. The van der Waals surface area contributed by atoms with Crippen LogP contribution in [-0.2, 0) is 9.59 Å². The molecule has 1 heterocycles. The van der Waals surface area contributed by atoms with Crippen LogP contribution in [0.1, 0.15) is 44.9 Å². The van der Waals surface area contributed by atoms with Crippen LogP contribution in [0.2, 0.25) is 0 Å². The zero-order valence-corrected chi connectivity index (χ0v) is 12.3. The lowest BCUT2D eigenvalue weighted by Crippen LogP contribution is -2.43. The van der Waals surface area contributed by atoms with Crippen molar-refractivity contribution in [1.82, 2.24) is 5.32 Å². The predicted octanol–water partition coefficient (Wildman–Crippen LogP) is 2.63. The Labute approximate surface area is 125 Å². The molecule has 1 aliphatic carbocycles. The number of carbonyl (C=O) groups is 2. The van der Waals surface area contributed by atoms with Gasteiger partial charge >= 0.3 is 0 Å². The summed E-state index contributed by atoms with van der Waals surface area (Å²) in [7, 11) is 0. The number of imide groups is 1. The Bertz CT molecular complexity index is 507. The van der Waals surface area contributed by atoms with Gasteiger partial charge in [-0.1, -0.05) is 43.9 Å². The van der Waals surface area contributed by atoms with Gasteiger partial charge in [-0.15, -0.1) is 0 Å². The van der Waals surface area contributed by atoms with Gasteiger partial charge in [-0.3, -0.25) is 9.59 Å². The SMILES string of the molecule is O=C1CC(NC2CCCCCC2)C(=O)N1c1ccccc1. The van der Waals surface area contributed by atoms with Gasteiger partial charge in [0.2, 0.25) is 5.91 Å². The monoisotopic (exact) mass is 286 g/mol. The topological polar surface area (TPSA) is 49.4 Å². The van der Waals surface area contributed by atoms with E-state index in [1.807, 2.05) is 30.3 Å². The molecule has 4 nitrogen and oxygen atoms in total. The molecule has 1 aromatic carbocycles. The third kappa shape index (κ3) is 3.16. The average Bonchev–Trinajstić information content (AvgIpc) is 2.69. The molecule has 1 aliphatic heterocycles. The van der Waals surface area contributed by atoms with E-state index in [9.17, 15) is 9.59 Å². The minimum Gasteiger partial charge on any atom is -0.303 e. The highest BCUT2D eigenvalue weighted by Gasteiger charge is 2.40. The lowest BCUT2D eigenvalue weighted by atomic mass is 10.1. The van der Waals surface area contributed by atoms with Crippen LogP contribution >= 0.6 is 0 Å². The van der Waals surface area contributed by atoms with Crippen molar-refractivity contribution < 1.29 is 9.59 Å². The van der Waals surface area contributed by atoms with E-state index in [2.05, 4.69) is 5.32 Å². The molecule has 0 spiro atoms. The number of rotatable bonds is 3. The summed E-state index contributed by atoms with van der Waals surface area (Å²) in [6.07, 6.45) is 7.51. The van der Waals surface area contributed by atoms with Crippen molar-refractivity contribution >= 4 is 17.5 Å². The lowest BCUT2D eigenvalue weighted by molar-refractivity contribution is -0.121. The quantitative estimate of drug-likeness (QED) is 0.686. The smallest absolute Gasteiger partial charge is 0.251 e. The summed E-state index contributed by atoms with van der Waals surface area (Å²) in [6.45, 7) is 0. The largest absolute Gasteiger partial charge is 0.303 e. The molecule has 2 amide bonds. The number of hydrogen-bond donors (Lipinski definition) is 1. The molecule has 112 valence electrons. The predicted molar refractivity (Wildman–Crippen MR) is 82.0 cm³/mol. The molecule has 1 atom stereocenters. The Morgan fingerprint density at radius 2 is 1.62 bits per heavy atom. The number of nitrogens with zero attached hydrogens (tertiary/aromatic N) is 1. The fraction of sp³-hybridized carbons (Fsp3) is 0.529. The zero-order chi connectivity index (χ0) is 14.7. The molecule has 4 heteroatoms. The molecule has 1 saturated carbocycles. The van der Waals surface area contributed by atoms with Crippen molar-refractivity contribution in [3.05, 3.63) is 30.3 Å². The number of anilines is 1. The summed E-state index contributed by atoms with van der Waals surface area (Å²) in [5.41, 5.74) is 0.678. The van der Waals surface area contributed by atoms with Gasteiger partial charge in [0, 0.05) is 6.04 Å². The minimum atomic E-state index is -0.346. The molecular weight excluding hydrogens is 264 g/mol. The first kappa shape index (κ1) is 14.3. The van der Waals surface area contributed by atoms with Crippen LogP contribution in [0.25, 0.3) is 0 Å². The van der Waals surface area contributed by atoms with Gasteiger partial charge in [-0.2, -0.15) is 0 Å². The van der Waals surface area contributed by atoms with Crippen molar-refractivity contribution in [2.75, 3.05) is 4.90 Å². The number of nitrogens with one attached hydrogen (secondary N) is 1. The van der Waals surface area contributed by atoms with Crippen LogP contribution in [0.5, 0.6) is 0 Å². The second-order valence-corrected chi connectivity index (χ2v) is 6.01. The second kappa shape index (κ2) is 6.39. The van der Waals surface area contributed by atoms with E-state index >= 15 is 0 Å². The van der Waals surface area contributed by atoms with E-state index < -0.39 is 0 Å². The molecule has 0 aromatic heterocycles. The third-order valence-corrected chi connectivity index (χ3v) is 4.45. The van der Waals surface area contributed by atoms with Gasteiger partial charge in [0.05, 0.1) is 18.2 Å². The Balaban J connectivity index is 1.68. The van der Waals surface area contributed by atoms with Gasteiger partial charge < -0.3 is 5.32 Å². The fourth-order valence-corrected chi connectivity index (χ4v) is 3.34. The van der Waals surface area contributed by atoms with Gasteiger partial charge in [0.15, 0.2) is 0 Å². The first-order valence-corrected chi connectivity index (χ1v) is 7.93. The fourth-order valence-electron chi connectivity index (χ4n) is 3.34. The van der Waals surface area contributed by atoms with E-state index in [0.29, 0.717) is 11.7 Å². The Hall–Kier alpha value is -1.68. The zero-order valence-electron chi connectivity index (χ0n) is 12.3. The third-order valence-electron chi connectivity index (χ3n) is 4.45. The van der Waals surface area contributed by atoms with Crippen LogP contribution in [0.4, 0.5) is 5.69 Å². The molecule has 0 radical (unpaired) electrons. The molecule has 1 N–H and O–H groups in total. The van der Waals surface area contributed by atoms with E-state index in [4.69, 9.17) is 0 Å². The molecule has 2 aliphatic rings. The summed E-state index contributed by atoms with van der Waals surface area (Å²) in [5, 5.41) is 3.43. The molecular formula is C17H22N2O2. The Kier molecular flexibility index (Phi) is 4.34. The first-order chi connectivity index (χ1) is 10.3. The first-order valence-electron chi connectivity index (χ1n) is 7.93. The van der Waals surface area contributed by atoms with Gasteiger partial charge in [-0.05, 0) is 25.0 Å². The Morgan fingerprint density at radius 1 is 0.952 bits per heavy atom. The van der Waals surface area contributed by atoms with Gasteiger partial charge in [-0.25, -0.2) is 4.90 Å². The summed E-state index contributed by atoms with van der Waals surface area (Å²) in [5.74, 6) is -0.201. The van der Waals surface area contributed by atoms with Crippen LogP contribution < -0.4 is 10.2 Å². The van der Waals surface area contributed by atoms with Crippen molar-refractivity contribution in [1.29, 1.82) is 0 Å². The normalized spacial score (nSPS) is 24.4. The number of para-hydroxylation sites is 1. The van der Waals surface area contributed by atoms with E-state index in [0.717, 1.165) is 12.8 Å². The number of carbonyl (C=O) groups excluding carboxylic acids is 2. The molecule has 21 heavy (non-hydrogen) atoms. The Morgan fingerprint density at radius 3 is 2.29 bits per heavy atom. The number of amides is 2. The summed E-state index contributed by atoms with van der Waals surface area (Å²) in [4.78, 5) is 26.0. The maximum atomic E-state index is 12.5. The van der Waals surface area contributed by atoms with E-state index in [1.54, 1.807) is 0 Å². The highest BCUT2D eigenvalue weighted by Crippen LogP contribution is 2.24. The molecule has 2 fully saturated rings. The highest BCUT2D eigenvalue weighted by atomic mass is 16.2. The summed E-state index contributed by atoms with van der Waals surface area (Å²) >= 11 is 0. The summed E-state index contributed by atoms with van der Waals surface area (Å²) in [6, 6.07) is 9.23. The summed E-state index contributed by atoms with van der Waals surface area (Å²) < 4.78 is 0. The highest BCUT2D eigenvalue weighted by molar-refractivity contribution is 6.22. The van der Waals surface area contributed by atoms with Crippen LogP contribution in [0.3, 0.4) is 0 Å².